The summed E-state index contributed by atoms with van der Waals surface area (Å²) in [6.45, 7) is 8.63. The van der Waals surface area contributed by atoms with Crippen molar-refractivity contribution in [3.05, 3.63) is 47.3 Å². The highest BCUT2D eigenvalue weighted by Gasteiger charge is 2.37. The monoisotopic (exact) mass is 467 g/mol. The Labute approximate surface area is 198 Å². The first kappa shape index (κ1) is 25.0. The molecular formula is C25H30FN5O3. The lowest BCUT2D eigenvalue weighted by Gasteiger charge is -2.28. The molecule has 1 aromatic heterocycles. The Balaban J connectivity index is 1.83. The second-order valence-corrected chi connectivity index (χ2v) is 9.53. The van der Waals surface area contributed by atoms with Crippen LogP contribution in [0.25, 0.3) is 0 Å². The second-order valence-electron chi connectivity index (χ2n) is 9.53. The number of aromatic nitrogens is 1. The van der Waals surface area contributed by atoms with Gasteiger partial charge in [-0.25, -0.2) is 14.2 Å². The molecule has 2 atom stereocenters. The number of nitrogens with one attached hydrogen (secondary N) is 3. The van der Waals surface area contributed by atoms with E-state index in [2.05, 4.69) is 20.9 Å². The summed E-state index contributed by atoms with van der Waals surface area (Å²) in [6, 6.07) is 9.18. The van der Waals surface area contributed by atoms with Crippen molar-refractivity contribution in [1.82, 2.24) is 10.3 Å². The molecule has 1 amide bonds. The Morgan fingerprint density at radius 2 is 1.94 bits per heavy atom. The van der Waals surface area contributed by atoms with Gasteiger partial charge in [-0.3, -0.25) is 4.79 Å². The van der Waals surface area contributed by atoms with E-state index in [9.17, 15) is 19.2 Å². The standard InChI is InChI=1S/C25H30FN5O3/c1-14(28-24(33)34-25(3,4)5)21(16-9-10-16)30-23-20(26)12-18(13-27)22(31-23)29-19-8-6-7-17(11-19)15(2)32/h6-8,11-12,14,16,21H,9-10H2,1-5H3,(H,28,33)(H2,29,30,31)/t14-,21-/m0/s1. The van der Waals surface area contributed by atoms with Gasteiger partial charge in [-0.1, -0.05) is 12.1 Å². The molecule has 9 heteroatoms. The third-order valence-corrected chi connectivity index (χ3v) is 5.34. The highest BCUT2D eigenvalue weighted by atomic mass is 19.1. The number of alkyl carbamates (subject to hydrolysis) is 1. The van der Waals surface area contributed by atoms with Crippen molar-refractivity contribution in [1.29, 1.82) is 5.26 Å². The second kappa shape index (κ2) is 10.1. The third kappa shape index (κ3) is 6.67. The molecule has 0 bridgehead atoms. The fourth-order valence-corrected chi connectivity index (χ4v) is 3.57. The lowest BCUT2D eigenvalue weighted by Crippen LogP contribution is -2.47. The van der Waals surface area contributed by atoms with Gasteiger partial charge in [0.15, 0.2) is 23.2 Å². The molecule has 2 aromatic rings. The van der Waals surface area contributed by atoms with Crippen LogP contribution >= 0.6 is 0 Å². The van der Waals surface area contributed by atoms with E-state index < -0.39 is 17.5 Å². The van der Waals surface area contributed by atoms with Crippen LogP contribution in [0.3, 0.4) is 0 Å². The quantitative estimate of drug-likeness (QED) is 0.460. The van der Waals surface area contributed by atoms with Crippen molar-refractivity contribution in [2.24, 2.45) is 5.92 Å². The van der Waals surface area contributed by atoms with E-state index in [4.69, 9.17) is 4.74 Å². The van der Waals surface area contributed by atoms with Crippen LogP contribution < -0.4 is 16.0 Å². The zero-order valence-corrected chi connectivity index (χ0v) is 20.0. The number of hydrogen-bond acceptors (Lipinski definition) is 7. The number of anilines is 3. The van der Waals surface area contributed by atoms with Crippen LogP contribution in [0.2, 0.25) is 0 Å². The molecule has 0 saturated heterocycles. The van der Waals surface area contributed by atoms with Crippen LogP contribution in [0.15, 0.2) is 30.3 Å². The number of ketones is 1. The average molecular weight is 468 g/mol. The van der Waals surface area contributed by atoms with Crippen LogP contribution in [0.5, 0.6) is 0 Å². The minimum atomic E-state index is -0.672. The number of rotatable bonds is 8. The van der Waals surface area contributed by atoms with Crippen molar-refractivity contribution in [2.75, 3.05) is 10.6 Å². The number of hydrogen-bond donors (Lipinski definition) is 3. The molecule has 0 spiro atoms. The fourth-order valence-electron chi connectivity index (χ4n) is 3.57. The highest BCUT2D eigenvalue weighted by molar-refractivity contribution is 5.95. The summed E-state index contributed by atoms with van der Waals surface area (Å²) >= 11 is 0. The molecule has 3 N–H and O–H groups in total. The SMILES string of the molecule is CC(=O)c1cccc(Nc2nc(N[C@H](C3CC3)[C@H](C)NC(=O)OC(C)(C)C)c(F)cc2C#N)c1. The Morgan fingerprint density at radius 3 is 2.53 bits per heavy atom. The maximum Gasteiger partial charge on any atom is 0.407 e. The van der Waals surface area contributed by atoms with Crippen molar-refractivity contribution >= 4 is 29.2 Å². The van der Waals surface area contributed by atoms with Gasteiger partial charge in [0.1, 0.15) is 11.7 Å². The van der Waals surface area contributed by atoms with Gasteiger partial charge in [0.25, 0.3) is 0 Å². The first-order valence-electron chi connectivity index (χ1n) is 11.2. The fraction of sp³-hybridized carbons (Fsp3) is 0.440. The number of carbonyl (C=O) groups is 2. The number of Topliss-reactive ketones (excluding diaryl/α,β-unsaturated/α-hetero) is 1. The average Bonchev–Trinajstić information content (AvgIpc) is 3.57. The number of carbonyl (C=O) groups excluding carboxylic acids is 2. The minimum absolute atomic E-state index is 0.0270. The first-order chi connectivity index (χ1) is 16.0. The molecule has 1 aliphatic carbocycles. The largest absolute Gasteiger partial charge is 0.444 e. The van der Waals surface area contributed by atoms with E-state index in [0.29, 0.717) is 11.3 Å². The Hall–Kier alpha value is -3.67. The van der Waals surface area contributed by atoms with Gasteiger partial charge >= 0.3 is 6.09 Å². The zero-order valence-electron chi connectivity index (χ0n) is 20.0. The van der Waals surface area contributed by atoms with Crippen molar-refractivity contribution in [3.8, 4) is 6.07 Å². The summed E-state index contributed by atoms with van der Waals surface area (Å²) in [5, 5.41) is 18.4. The van der Waals surface area contributed by atoms with Crippen molar-refractivity contribution < 1.29 is 18.7 Å². The first-order valence-corrected chi connectivity index (χ1v) is 11.2. The van der Waals surface area contributed by atoms with E-state index in [1.807, 2.05) is 13.0 Å². The van der Waals surface area contributed by atoms with E-state index >= 15 is 0 Å². The van der Waals surface area contributed by atoms with Gasteiger partial charge in [-0.2, -0.15) is 5.26 Å². The molecule has 0 aliphatic heterocycles. The number of ether oxygens (including phenoxy) is 1. The van der Waals surface area contributed by atoms with Crippen molar-refractivity contribution in [2.45, 2.75) is 65.1 Å². The van der Waals surface area contributed by atoms with Crippen LogP contribution in [-0.2, 0) is 4.74 Å². The van der Waals surface area contributed by atoms with Gasteiger partial charge in [-0.15, -0.1) is 0 Å². The predicted octanol–water partition coefficient (Wildman–Crippen LogP) is 5.14. The summed E-state index contributed by atoms with van der Waals surface area (Å²) < 4.78 is 20.2. The molecule has 0 radical (unpaired) electrons. The van der Waals surface area contributed by atoms with Crippen LogP contribution in [-0.4, -0.2) is 34.5 Å². The summed E-state index contributed by atoms with van der Waals surface area (Å²) in [5.41, 5.74) is 0.444. The summed E-state index contributed by atoms with van der Waals surface area (Å²) in [5.74, 6) is -0.397. The summed E-state index contributed by atoms with van der Waals surface area (Å²) in [7, 11) is 0. The Morgan fingerprint density at radius 1 is 1.24 bits per heavy atom. The number of halogens is 1. The van der Waals surface area contributed by atoms with E-state index in [0.717, 1.165) is 18.9 Å². The van der Waals surface area contributed by atoms with Crippen LogP contribution in [0, 0.1) is 23.1 Å². The molecule has 8 nitrogen and oxygen atoms in total. The number of nitrogens with zero attached hydrogens (tertiary/aromatic N) is 2. The van der Waals surface area contributed by atoms with E-state index in [1.165, 1.54) is 6.92 Å². The maximum atomic E-state index is 14.9. The lowest BCUT2D eigenvalue weighted by molar-refractivity contribution is 0.0501. The normalized spacial score (nSPS) is 15.0. The predicted molar refractivity (Wildman–Crippen MR) is 128 cm³/mol. The van der Waals surface area contributed by atoms with Gasteiger partial charge in [0.2, 0.25) is 0 Å². The van der Waals surface area contributed by atoms with Gasteiger partial charge < -0.3 is 20.7 Å². The molecular weight excluding hydrogens is 437 g/mol. The molecule has 1 heterocycles. The number of amides is 1. The molecule has 1 aromatic carbocycles. The number of pyridine rings is 1. The van der Waals surface area contributed by atoms with E-state index in [-0.39, 0.29) is 41.0 Å². The smallest absolute Gasteiger partial charge is 0.407 e. The molecule has 3 rings (SSSR count). The minimum Gasteiger partial charge on any atom is -0.444 e. The van der Waals surface area contributed by atoms with Gasteiger partial charge in [0.05, 0.1) is 11.6 Å². The zero-order chi connectivity index (χ0) is 25.0. The molecule has 1 saturated carbocycles. The van der Waals surface area contributed by atoms with Gasteiger partial charge in [-0.05, 0) is 71.6 Å². The lowest BCUT2D eigenvalue weighted by atomic mass is 10.0. The van der Waals surface area contributed by atoms with E-state index in [1.54, 1.807) is 45.0 Å². The molecule has 1 fully saturated rings. The highest BCUT2D eigenvalue weighted by Crippen LogP contribution is 2.36. The topological polar surface area (TPSA) is 116 Å². The molecule has 1 aliphatic rings. The Kier molecular flexibility index (Phi) is 7.40. The molecule has 180 valence electrons. The molecule has 34 heavy (non-hydrogen) atoms. The Bertz CT molecular complexity index is 1120. The number of nitriles is 1. The van der Waals surface area contributed by atoms with Gasteiger partial charge in [0, 0.05) is 17.3 Å². The maximum absolute atomic E-state index is 14.9. The summed E-state index contributed by atoms with van der Waals surface area (Å²) in [6.07, 6.45) is 1.34. The summed E-state index contributed by atoms with van der Waals surface area (Å²) in [4.78, 5) is 28.3. The third-order valence-electron chi connectivity index (χ3n) is 5.34. The van der Waals surface area contributed by atoms with Crippen molar-refractivity contribution in [3.63, 3.8) is 0 Å². The number of benzene rings is 1. The van der Waals surface area contributed by atoms with Crippen LogP contribution in [0.1, 0.15) is 63.4 Å². The van der Waals surface area contributed by atoms with Crippen LogP contribution in [0.4, 0.5) is 26.5 Å². The molecule has 0 unspecified atom stereocenters.